The fourth-order valence-electron chi connectivity index (χ4n) is 9.62. The lowest BCUT2D eigenvalue weighted by molar-refractivity contribution is -0.295. The summed E-state index contributed by atoms with van der Waals surface area (Å²) in [6, 6.07) is 2.76. The largest absolute Gasteiger partial charge is 0.458 e. The number of methoxy groups -OCH3 is 1. The van der Waals surface area contributed by atoms with E-state index in [-0.39, 0.29) is 30.8 Å². The molecule has 15 heteroatoms. The third-order valence-corrected chi connectivity index (χ3v) is 13.1. The van der Waals surface area contributed by atoms with Gasteiger partial charge in [0.25, 0.3) is 0 Å². The molecule has 13 atom stereocenters. The number of ketones is 2. The van der Waals surface area contributed by atoms with Gasteiger partial charge in [0.15, 0.2) is 17.7 Å². The molecular weight excluding hydrogens is 759 g/mol. The van der Waals surface area contributed by atoms with Crippen LogP contribution in [0.25, 0.3) is 11.3 Å². The number of cyclic esters (lactones) is 1. The molecule has 1 amide bonds. The molecule has 0 aromatic carbocycles. The normalized spacial score (nSPS) is 36.3. The molecule has 5 heterocycles. The van der Waals surface area contributed by atoms with Crippen LogP contribution in [-0.4, -0.2) is 135 Å². The van der Waals surface area contributed by atoms with E-state index >= 15 is 0 Å². The second kappa shape index (κ2) is 19.3. The van der Waals surface area contributed by atoms with Crippen molar-refractivity contribution < 1.29 is 48.0 Å². The minimum absolute atomic E-state index is 0.115. The van der Waals surface area contributed by atoms with Crippen molar-refractivity contribution in [2.45, 2.75) is 154 Å². The number of aromatic nitrogens is 3. The molecule has 3 saturated heterocycles. The van der Waals surface area contributed by atoms with Crippen LogP contribution in [0.3, 0.4) is 0 Å². The van der Waals surface area contributed by atoms with Gasteiger partial charge in [0, 0.05) is 68.1 Å². The number of ether oxygens (including phenoxy) is 5. The molecule has 2 aromatic rings. The van der Waals surface area contributed by atoms with Crippen molar-refractivity contribution in [1.29, 1.82) is 0 Å². The average Bonchev–Trinajstić information content (AvgIpc) is 3.79. The molecule has 328 valence electrons. The smallest absolute Gasteiger partial charge is 0.410 e. The number of Topliss-reactive ketones (excluding diaryl/α,β-unsaturated/α-hetero) is 2. The monoisotopic (exact) mass is 825 g/mol. The minimum Gasteiger partial charge on any atom is -0.458 e. The van der Waals surface area contributed by atoms with Crippen LogP contribution in [0.5, 0.6) is 0 Å². The van der Waals surface area contributed by atoms with Crippen LogP contribution in [0.15, 0.2) is 37.1 Å². The molecule has 3 aliphatic rings. The maximum Gasteiger partial charge on any atom is 0.410 e. The number of nitrogens with zero attached hydrogens (tertiary/aromatic N) is 5. The number of hydrogen-bond donors (Lipinski definition) is 1. The van der Waals surface area contributed by atoms with E-state index in [1.165, 1.54) is 14.0 Å². The molecule has 0 aliphatic carbocycles. The highest BCUT2D eigenvalue weighted by molar-refractivity contribution is 6.00. The Morgan fingerprint density at radius 3 is 2.36 bits per heavy atom. The van der Waals surface area contributed by atoms with Crippen molar-refractivity contribution in [2.75, 3.05) is 27.7 Å². The van der Waals surface area contributed by atoms with Crippen molar-refractivity contribution in [1.82, 2.24) is 24.3 Å². The van der Waals surface area contributed by atoms with Gasteiger partial charge in [0.1, 0.15) is 23.9 Å². The standard InChI is InChI=1S/C44H67N5O10/c1-12-31-35(50)26(3)22-43(7,55-11)39(58-41-37(52)33(47(9)10)21-27(4)56-41)28(5)36(51)29(6)40(53)57-34(13-2)44(8)38(31)49(42(54)59-44)20-15-14-19-48-24-32(46-25-48)30-17-16-18-45-23-30/h16-18,23-29,31,33-34,37-39,41,52H,12-15,19-22H2,1-11H3/t26-,27-,28+,29-,31?,33+,34-,37-,38-,39-,41?,43+,44-/m1/s1. The molecule has 0 saturated carbocycles. The number of unbranched alkanes of at least 4 members (excludes halogenated alkanes) is 1. The molecule has 2 aromatic heterocycles. The maximum atomic E-state index is 14.9. The third-order valence-electron chi connectivity index (χ3n) is 13.1. The third kappa shape index (κ3) is 9.75. The molecule has 0 bridgehead atoms. The molecule has 1 N–H and O–H groups in total. The first-order chi connectivity index (χ1) is 27.9. The first-order valence-corrected chi connectivity index (χ1v) is 21.3. The SMILES string of the molecule is CCC1C(=O)[C@H](C)C[C@](C)(OC)[C@H](OC2O[C@H](C)C[C@H](N(C)C)[C@H]2O)[C@@H](C)C(=O)[C@@H](C)C(=O)O[C@H](CC)[C@@]2(C)OC(=O)N(CCCCn3cnc(-c4cccnc4)c3)[C@H]12. The van der Waals surface area contributed by atoms with Gasteiger partial charge in [-0.2, -0.15) is 0 Å². The second-order valence-corrected chi connectivity index (χ2v) is 17.6. The predicted octanol–water partition coefficient (Wildman–Crippen LogP) is 5.32. The summed E-state index contributed by atoms with van der Waals surface area (Å²) in [5, 5.41) is 11.5. The lowest BCUT2D eigenvalue weighted by Crippen LogP contribution is -2.60. The molecule has 3 fully saturated rings. The van der Waals surface area contributed by atoms with Crippen molar-refractivity contribution in [3.63, 3.8) is 0 Å². The van der Waals surface area contributed by atoms with E-state index in [1.807, 2.05) is 69.6 Å². The Labute approximate surface area is 349 Å². The summed E-state index contributed by atoms with van der Waals surface area (Å²) in [5.74, 6) is -4.85. The first-order valence-electron chi connectivity index (χ1n) is 21.3. The zero-order valence-electron chi connectivity index (χ0n) is 36.8. The summed E-state index contributed by atoms with van der Waals surface area (Å²) in [7, 11) is 5.25. The summed E-state index contributed by atoms with van der Waals surface area (Å²) >= 11 is 0. The number of likely N-dealkylation sites (N-methyl/N-ethyl adjacent to an activating group) is 1. The topological polar surface area (TPSA) is 172 Å². The van der Waals surface area contributed by atoms with Gasteiger partial charge in [-0.3, -0.25) is 19.4 Å². The van der Waals surface area contributed by atoms with Crippen LogP contribution in [-0.2, 0) is 44.6 Å². The fourth-order valence-corrected chi connectivity index (χ4v) is 9.62. The second-order valence-electron chi connectivity index (χ2n) is 17.6. The number of esters is 1. The highest BCUT2D eigenvalue weighted by atomic mass is 16.7. The quantitative estimate of drug-likeness (QED) is 0.166. The highest BCUT2D eigenvalue weighted by Crippen LogP contribution is 2.44. The Kier molecular flexibility index (Phi) is 15.2. The Balaban J connectivity index is 1.46. The van der Waals surface area contributed by atoms with Crippen molar-refractivity contribution in [3.05, 3.63) is 37.1 Å². The van der Waals surface area contributed by atoms with E-state index in [0.29, 0.717) is 38.8 Å². The number of hydrogen-bond acceptors (Lipinski definition) is 13. The summed E-state index contributed by atoms with van der Waals surface area (Å²) in [4.78, 5) is 69.6. The fraction of sp³-hybridized carbons (Fsp3) is 0.727. The number of carbonyl (C=O) groups excluding carboxylic acids is 4. The maximum absolute atomic E-state index is 14.9. The molecule has 0 spiro atoms. The Morgan fingerprint density at radius 2 is 1.73 bits per heavy atom. The lowest BCUT2D eigenvalue weighted by atomic mass is 9.72. The summed E-state index contributed by atoms with van der Waals surface area (Å²) in [6.45, 7) is 15.1. The Morgan fingerprint density at radius 1 is 1.02 bits per heavy atom. The zero-order chi connectivity index (χ0) is 43.4. The highest BCUT2D eigenvalue weighted by Gasteiger charge is 2.61. The molecule has 15 nitrogen and oxygen atoms in total. The van der Waals surface area contributed by atoms with Gasteiger partial charge in [-0.1, -0.05) is 27.7 Å². The van der Waals surface area contributed by atoms with Gasteiger partial charge in [0.2, 0.25) is 0 Å². The number of pyridine rings is 1. The van der Waals surface area contributed by atoms with E-state index in [1.54, 1.807) is 44.4 Å². The number of aryl methyl sites for hydroxylation is 1. The van der Waals surface area contributed by atoms with Gasteiger partial charge < -0.3 is 43.2 Å². The van der Waals surface area contributed by atoms with Crippen LogP contribution in [0, 0.1) is 23.7 Å². The number of amides is 1. The molecule has 5 rings (SSSR count). The Bertz CT molecular complexity index is 1760. The summed E-state index contributed by atoms with van der Waals surface area (Å²) in [6.07, 6.45) is 4.88. The van der Waals surface area contributed by atoms with Gasteiger partial charge >= 0.3 is 12.1 Å². The van der Waals surface area contributed by atoms with E-state index in [0.717, 1.165) is 11.3 Å². The van der Waals surface area contributed by atoms with Crippen LogP contribution >= 0.6 is 0 Å². The average molecular weight is 826 g/mol. The molecular formula is C44H67N5O10. The number of aliphatic hydroxyl groups excluding tert-OH is 1. The van der Waals surface area contributed by atoms with Crippen molar-refractivity contribution >= 4 is 23.6 Å². The van der Waals surface area contributed by atoms with Crippen LogP contribution in [0.4, 0.5) is 4.79 Å². The van der Waals surface area contributed by atoms with E-state index < -0.39 is 83.4 Å². The summed E-state index contributed by atoms with van der Waals surface area (Å²) < 4.78 is 33.4. The molecule has 59 heavy (non-hydrogen) atoms. The van der Waals surface area contributed by atoms with Crippen LogP contribution in [0.2, 0.25) is 0 Å². The number of fused-ring (bicyclic) bond motifs is 1. The van der Waals surface area contributed by atoms with Gasteiger partial charge in [-0.15, -0.1) is 0 Å². The number of rotatable bonds is 12. The van der Waals surface area contributed by atoms with E-state index in [2.05, 4.69) is 9.97 Å². The molecule has 0 radical (unpaired) electrons. The van der Waals surface area contributed by atoms with Crippen molar-refractivity contribution in [3.8, 4) is 11.3 Å². The van der Waals surface area contributed by atoms with Gasteiger partial charge in [0.05, 0.1) is 35.9 Å². The molecule has 3 aliphatic heterocycles. The Hall–Kier alpha value is -3.76. The summed E-state index contributed by atoms with van der Waals surface area (Å²) in [5.41, 5.74) is -0.935. The van der Waals surface area contributed by atoms with Gasteiger partial charge in [-0.25, -0.2) is 9.78 Å². The van der Waals surface area contributed by atoms with Crippen molar-refractivity contribution in [2.24, 2.45) is 23.7 Å². The predicted molar refractivity (Wildman–Crippen MR) is 219 cm³/mol. The number of carbonyl (C=O) groups is 4. The van der Waals surface area contributed by atoms with Gasteiger partial charge in [-0.05, 0) is 92.4 Å². The zero-order valence-corrected chi connectivity index (χ0v) is 36.8. The van der Waals surface area contributed by atoms with E-state index in [4.69, 9.17) is 23.7 Å². The molecule has 2 unspecified atom stereocenters. The van der Waals surface area contributed by atoms with E-state index in [9.17, 15) is 24.3 Å². The lowest BCUT2D eigenvalue weighted by Gasteiger charge is -2.47. The number of imidazole rings is 1. The first kappa shape index (κ1) is 46.3. The van der Waals surface area contributed by atoms with Crippen LogP contribution < -0.4 is 0 Å². The minimum atomic E-state index is -1.40. The van der Waals surface area contributed by atoms with Crippen LogP contribution in [0.1, 0.15) is 93.9 Å². The number of aliphatic hydroxyl groups is 1.